The number of carbonyl (C=O) groups excluding carboxylic acids is 2. The van der Waals surface area contributed by atoms with Crippen molar-refractivity contribution in [3.63, 3.8) is 0 Å². The Balaban J connectivity index is 1.71. The summed E-state index contributed by atoms with van der Waals surface area (Å²) in [5.41, 5.74) is -0.0360. The first-order valence-corrected chi connectivity index (χ1v) is 12.7. The molecule has 0 saturated carbocycles. The summed E-state index contributed by atoms with van der Waals surface area (Å²) < 4.78 is 21.2. The number of benzene rings is 2. The maximum Gasteiger partial charge on any atom is 0.410 e. The molecule has 2 aromatic carbocycles. The smallest absolute Gasteiger partial charge is 0.410 e. The van der Waals surface area contributed by atoms with Crippen LogP contribution >= 0.6 is 0 Å². The number of hydrogen-bond acceptors (Lipinski definition) is 6. The highest BCUT2D eigenvalue weighted by Crippen LogP contribution is 2.14. The van der Waals surface area contributed by atoms with E-state index in [-0.39, 0.29) is 32.7 Å². The minimum absolute atomic E-state index is 0.159. The van der Waals surface area contributed by atoms with E-state index in [1.807, 2.05) is 19.9 Å². The van der Waals surface area contributed by atoms with Crippen LogP contribution < -0.4 is 11.2 Å². The summed E-state index contributed by atoms with van der Waals surface area (Å²) in [6, 6.07) is 10.8. The van der Waals surface area contributed by atoms with Crippen molar-refractivity contribution in [2.75, 3.05) is 26.2 Å². The zero-order valence-corrected chi connectivity index (χ0v) is 22.7. The first kappa shape index (κ1) is 27.7. The molecule has 206 valence electrons. The predicted molar refractivity (Wildman–Crippen MR) is 143 cm³/mol. The van der Waals surface area contributed by atoms with Crippen LogP contribution in [0, 0.1) is 19.7 Å². The highest BCUT2D eigenvalue weighted by atomic mass is 19.1. The molecule has 1 aliphatic rings. The van der Waals surface area contributed by atoms with Gasteiger partial charge in [-0.15, -0.1) is 0 Å². The van der Waals surface area contributed by atoms with Crippen LogP contribution in [0.4, 0.5) is 9.18 Å². The topological polar surface area (TPSA) is 107 Å². The quantitative estimate of drug-likeness (QED) is 0.507. The summed E-state index contributed by atoms with van der Waals surface area (Å²) in [4.78, 5) is 55.8. The molecule has 4 rings (SSSR count). The van der Waals surface area contributed by atoms with Crippen LogP contribution in [0.5, 0.6) is 0 Å². The number of aromatic nitrogens is 3. The van der Waals surface area contributed by atoms with E-state index in [0.29, 0.717) is 11.3 Å². The number of piperazine rings is 1. The molecule has 10 nitrogen and oxygen atoms in total. The van der Waals surface area contributed by atoms with Crippen LogP contribution in [0.1, 0.15) is 48.0 Å². The average molecular weight is 538 g/mol. The molecule has 0 radical (unpaired) electrons. The van der Waals surface area contributed by atoms with Gasteiger partial charge in [0.15, 0.2) is 0 Å². The summed E-state index contributed by atoms with van der Waals surface area (Å²) in [5.74, 6) is -1.17. The van der Waals surface area contributed by atoms with Crippen molar-refractivity contribution in [3.05, 3.63) is 91.5 Å². The zero-order chi connectivity index (χ0) is 28.5. The second kappa shape index (κ2) is 10.8. The summed E-state index contributed by atoms with van der Waals surface area (Å²) in [5, 5.41) is 4.21. The third kappa shape index (κ3) is 6.24. The maximum absolute atomic E-state index is 13.8. The molecule has 0 bridgehead atoms. The van der Waals surface area contributed by atoms with Gasteiger partial charge in [0.25, 0.3) is 11.5 Å². The van der Waals surface area contributed by atoms with Crippen molar-refractivity contribution in [2.24, 2.45) is 0 Å². The normalized spacial score (nSPS) is 13.9. The van der Waals surface area contributed by atoms with E-state index in [1.165, 1.54) is 28.0 Å². The highest BCUT2D eigenvalue weighted by Gasteiger charge is 2.31. The second-order valence-electron chi connectivity index (χ2n) is 10.6. The minimum Gasteiger partial charge on any atom is -0.444 e. The second-order valence-corrected chi connectivity index (χ2v) is 10.6. The number of nitrogens with zero attached hydrogens (tertiary/aromatic N) is 5. The molecule has 0 atom stereocenters. The molecule has 11 heteroatoms. The van der Waals surface area contributed by atoms with E-state index < -0.39 is 40.4 Å². The largest absolute Gasteiger partial charge is 0.444 e. The number of hydrogen-bond donors (Lipinski definition) is 0. The fourth-order valence-corrected chi connectivity index (χ4v) is 4.20. The first-order valence-electron chi connectivity index (χ1n) is 12.7. The SMILES string of the molecule is Cc1ccc(-n2nc(C(=O)N3CCN(C(=O)OC(C)(C)C)CC3)c(=O)n(Cc3cccc(F)c3)c2=O)cc1C. The lowest BCUT2D eigenvalue weighted by Gasteiger charge is -2.35. The van der Waals surface area contributed by atoms with Crippen LogP contribution in [0.15, 0.2) is 52.1 Å². The van der Waals surface area contributed by atoms with Gasteiger partial charge in [0, 0.05) is 26.2 Å². The molecule has 0 unspecified atom stereocenters. The number of amides is 2. The third-order valence-electron chi connectivity index (χ3n) is 6.45. The van der Waals surface area contributed by atoms with Crippen molar-refractivity contribution in [3.8, 4) is 5.69 Å². The lowest BCUT2D eigenvalue weighted by atomic mass is 10.1. The van der Waals surface area contributed by atoms with Gasteiger partial charge >= 0.3 is 11.8 Å². The molecule has 0 N–H and O–H groups in total. The van der Waals surface area contributed by atoms with Gasteiger partial charge in [0.2, 0.25) is 5.69 Å². The molecular weight excluding hydrogens is 505 g/mol. The number of halogens is 1. The van der Waals surface area contributed by atoms with Crippen LogP contribution in [0.2, 0.25) is 0 Å². The Morgan fingerprint density at radius 3 is 2.23 bits per heavy atom. The Labute approximate surface area is 225 Å². The maximum atomic E-state index is 13.8. The molecule has 0 aliphatic carbocycles. The van der Waals surface area contributed by atoms with Gasteiger partial charge in [-0.05, 0) is 75.6 Å². The Kier molecular flexibility index (Phi) is 7.71. The van der Waals surface area contributed by atoms with Crippen molar-refractivity contribution >= 4 is 12.0 Å². The van der Waals surface area contributed by atoms with E-state index in [1.54, 1.807) is 39.0 Å². The van der Waals surface area contributed by atoms with E-state index in [2.05, 4.69) is 5.10 Å². The van der Waals surface area contributed by atoms with E-state index in [4.69, 9.17) is 4.74 Å². The van der Waals surface area contributed by atoms with Gasteiger partial charge in [-0.1, -0.05) is 18.2 Å². The van der Waals surface area contributed by atoms with E-state index >= 15 is 0 Å². The Morgan fingerprint density at radius 1 is 0.949 bits per heavy atom. The molecule has 39 heavy (non-hydrogen) atoms. The van der Waals surface area contributed by atoms with Crippen LogP contribution in [0.25, 0.3) is 5.69 Å². The van der Waals surface area contributed by atoms with E-state index in [0.717, 1.165) is 20.4 Å². The minimum atomic E-state index is -0.871. The number of rotatable bonds is 4. The Morgan fingerprint density at radius 2 is 1.62 bits per heavy atom. The summed E-state index contributed by atoms with van der Waals surface area (Å²) in [6.07, 6.45) is -0.478. The average Bonchev–Trinajstić information content (AvgIpc) is 2.87. The van der Waals surface area contributed by atoms with Gasteiger partial charge in [-0.2, -0.15) is 9.78 Å². The fraction of sp³-hybridized carbons (Fsp3) is 0.393. The van der Waals surface area contributed by atoms with Crippen LogP contribution in [-0.2, 0) is 11.3 Å². The zero-order valence-electron chi connectivity index (χ0n) is 22.7. The van der Waals surface area contributed by atoms with E-state index in [9.17, 15) is 23.6 Å². The predicted octanol–water partition coefficient (Wildman–Crippen LogP) is 2.89. The fourth-order valence-electron chi connectivity index (χ4n) is 4.20. The molecule has 2 heterocycles. The monoisotopic (exact) mass is 537 g/mol. The third-order valence-corrected chi connectivity index (χ3v) is 6.45. The van der Waals surface area contributed by atoms with Crippen LogP contribution in [-0.4, -0.2) is 67.9 Å². The van der Waals surface area contributed by atoms with Gasteiger partial charge in [-0.25, -0.2) is 14.0 Å². The molecule has 3 aromatic rings. The van der Waals surface area contributed by atoms with Gasteiger partial charge in [0.1, 0.15) is 11.4 Å². The van der Waals surface area contributed by atoms with Gasteiger partial charge < -0.3 is 14.5 Å². The lowest BCUT2D eigenvalue weighted by molar-refractivity contribution is 0.0139. The molecule has 1 saturated heterocycles. The van der Waals surface area contributed by atoms with Gasteiger partial charge in [-0.3, -0.25) is 14.2 Å². The molecule has 1 aliphatic heterocycles. The Hall–Kier alpha value is -4.28. The molecule has 2 amide bonds. The standard InChI is InChI=1S/C28H32FN5O5/c1-18-9-10-22(15-19(18)2)34-26(37)33(17-20-7-6-8-21(29)16-20)25(36)23(30-34)24(35)31-11-13-32(14-12-31)27(38)39-28(3,4)5/h6-10,15-16H,11-14,17H2,1-5H3. The summed E-state index contributed by atoms with van der Waals surface area (Å²) >= 11 is 0. The number of aryl methyl sites for hydroxylation is 2. The van der Waals surface area contributed by atoms with Crippen molar-refractivity contribution in [1.82, 2.24) is 24.1 Å². The van der Waals surface area contributed by atoms with Crippen LogP contribution in [0.3, 0.4) is 0 Å². The van der Waals surface area contributed by atoms with Crippen molar-refractivity contribution in [2.45, 2.75) is 46.8 Å². The summed E-state index contributed by atoms with van der Waals surface area (Å²) in [7, 11) is 0. The lowest BCUT2D eigenvalue weighted by Crippen LogP contribution is -2.53. The molecule has 1 fully saturated rings. The van der Waals surface area contributed by atoms with Crippen molar-refractivity contribution in [1.29, 1.82) is 0 Å². The van der Waals surface area contributed by atoms with Gasteiger partial charge in [0.05, 0.1) is 12.2 Å². The number of ether oxygens (including phenoxy) is 1. The summed E-state index contributed by atoms with van der Waals surface area (Å²) in [6.45, 7) is 9.63. The number of carbonyl (C=O) groups is 2. The molecular formula is C28H32FN5O5. The highest BCUT2D eigenvalue weighted by molar-refractivity contribution is 5.92. The Bertz CT molecular complexity index is 1530. The molecule has 1 aromatic heterocycles. The van der Waals surface area contributed by atoms with Crippen molar-refractivity contribution < 1.29 is 18.7 Å². The molecule has 0 spiro atoms. The first-order chi connectivity index (χ1) is 18.3.